The molecule has 0 saturated carbocycles. The molecule has 11 heavy (non-hydrogen) atoms. The van der Waals surface area contributed by atoms with Crippen molar-refractivity contribution >= 4 is 5.97 Å². The number of carbonyl (C=O) groups excluding carboxylic acids is 1. The maximum Gasteiger partial charge on any atom is 0.0884 e. The zero-order valence-corrected chi connectivity index (χ0v) is 6.44. The van der Waals surface area contributed by atoms with Gasteiger partial charge in [0.2, 0.25) is 0 Å². The first-order valence-electron chi connectivity index (χ1n) is 3.34. The van der Waals surface area contributed by atoms with E-state index in [4.69, 9.17) is 0 Å². The lowest BCUT2D eigenvalue weighted by molar-refractivity contribution is -0.310. The minimum atomic E-state index is -1.12. The molecule has 1 atom stereocenters. The summed E-state index contributed by atoms with van der Waals surface area (Å²) in [7, 11) is 0. The van der Waals surface area contributed by atoms with Crippen LogP contribution in [0.5, 0.6) is 0 Å². The normalized spacial score (nSPS) is 12.9. The van der Waals surface area contributed by atoms with Crippen molar-refractivity contribution in [2.24, 2.45) is 0 Å². The van der Waals surface area contributed by atoms with Gasteiger partial charge in [-0.25, -0.2) is 0 Å². The zero-order chi connectivity index (χ0) is 8.43. The molecular formula is C7H9N2O2-. The zero-order valence-electron chi connectivity index (χ0n) is 6.44. The van der Waals surface area contributed by atoms with E-state index in [1.165, 1.54) is 11.6 Å². The van der Waals surface area contributed by atoms with Gasteiger partial charge in [-0.05, 0) is 19.9 Å². The summed E-state index contributed by atoms with van der Waals surface area (Å²) in [4.78, 5) is 10.3. The minimum Gasteiger partial charge on any atom is -0.548 e. The molecule has 60 valence electrons. The Bertz CT molecular complexity index is 267. The van der Waals surface area contributed by atoms with Crippen LogP contribution in [0.15, 0.2) is 12.3 Å². The topological polar surface area (TPSA) is 58.0 Å². The monoisotopic (exact) mass is 153 g/mol. The first-order valence-corrected chi connectivity index (χ1v) is 3.34. The number of carboxylic acids is 1. The second kappa shape index (κ2) is 2.74. The number of aliphatic carboxylic acids is 1. The Kier molecular flexibility index (Phi) is 1.94. The average molecular weight is 153 g/mol. The maximum atomic E-state index is 10.3. The van der Waals surface area contributed by atoms with Gasteiger partial charge < -0.3 is 9.90 Å². The van der Waals surface area contributed by atoms with E-state index in [1.54, 1.807) is 19.2 Å². The van der Waals surface area contributed by atoms with Crippen LogP contribution < -0.4 is 5.11 Å². The first kappa shape index (κ1) is 7.78. The Morgan fingerprint density at radius 2 is 2.45 bits per heavy atom. The SMILES string of the molecule is Cc1ccn([C@H](C)C(=O)[O-])n1. The molecule has 0 aromatic carbocycles. The van der Waals surface area contributed by atoms with Gasteiger partial charge in [-0.15, -0.1) is 0 Å². The molecule has 0 fully saturated rings. The van der Waals surface area contributed by atoms with Gasteiger partial charge in [0, 0.05) is 6.20 Å². The molecule has 0 aliphatic rings. The van der Waals surface area contributed by atoms with Gasteiger partial charge in [-0.1, -0.05) is 0 Å². The highest BCUT2D eigenvalue weighted by Crippen LogP contribution is 2.02. The molecule has 0 aliphatic carbocycles. The van der Waals surface area contributed by atoms with Crippen molar-refractivity contribution in [2.75, 3.05) is 0 Å². The number of aryl methyl sites for hydroxylation is 1. The van der Waals surface area contributed by atoms with Crippen LogP contribution in [0.2, 0.25) is 0 Å². The number of hydrogen-bond donors (Lipinski definition) is 0. The van der Waals surface area contributed by atoms with Crippen molar-refractivity contribution in [1.29, 1.82) is 0 Å². The first-order chi connectivity index (χ1) is 5.11. The van der Waals surface area contributed by atoms with Crippen LogP contribution in [0.3, 0.4) is 0 Å². The van der Waals surface area contributed by atoms with Crippen LogP contribution in [0.1, 0.15) is 18.7 Å². The second-order valence-corrected chi connectivity index (χ2v) is 2.43. The van der Waals surface area contributed by atoms with Crippen molar-refractivity contribution in [3.05, 3.63) is 18.0 Å². The maximum absolute atomic E-state index is 10.3. The number of nitrogens with zero attached hydrogens (tertiary/aromatic N) is 2. The standard InChI is InChI=1S/C7H10N2O2/c1-5-3-4-9(8-5)6(2)7(10)11/h3-4,6H,1-2H3,(H,10,11)/p-1/t6-/m1/s1. The molecule has 0 bridgehead atoms. The van der Waals surface area contributed by atoms with E-state index in [0.717, 1.165) is 5.69 Å². The van der Waals surface area contributed by atoms with E-state index in [2.05, 4.69) is 5.10 Å². The summed E-state index contributed by atoms with van der Waals surface area (Å²) in [6, 6.07) is 1.06. The third-order valence-corrected chi connectivity index (χ3v) is 1.48. The van der Waals surface area contributed by atoms with Gasteiger partial charge in [-0.3, -0.25) is 4.68 Å². The molecule has 0 radical (unpaired) electrons. The fourth-order valence-corrected chi connectivity index (χ4v) is 0.757. The summed E-state index contributed by atoms with van der Waals surface area (Å²) < 4.78 is 1.37. The summed E-state index contributed by atoms with van der Waals surface area (Å²) >= 11 is 0. The van der Waals surface area contributed by atoms with E-state index >= 15 is 0 Å². The van der Waals surface area contributed by atoms with Gasteiger partial charge in [0.05, 0.1) is 17.7 Å². The largest absolute Gasteiger partial charge is 0.548 e. The number of carboxylic acid groups (broad SMARTS) is 1. The number of aromatic nitrogens is 2. The molecule has 0 N–H and O–H groups in total. The van der Waals surface area contributed by atoms with Gasteiger partial charge in [-0.2, -0.15) is 5.10 Å². The highest BCUT2D eigenvalue weighted by Gasteiger charge is 2.04. The smallest absolute Gasteiger partial charge is 0.0884 e. The summed E-state index contributed by atoms with van der Waals surface area (Å²) in [5, 5.41) is 14.3. The molecule has 0 amide bonds. The molecule has 0 spiro atoms. The molecule has 4 heteroatoms. The van der Waals surface area contributed by atoms with E-state index in [1.807, 2.05) is 0 Å². The van der Waals surface area contributed by atoms with Gasteiger partial charge >= 0.3 is 0 Å². The molecule has 0 unspecified atom stereocenters. The van der Waals surface area contributed by atoms with Crippen molar-refractivity contribution in [1.82, 2.24) is 9.78 Å². The number of rotatable bonds is 2. The van der Waals surface area contributed by atoms with Crippen LogP contribution in [-0.4, -0.2) is 15.7 Å². The van der Waals surface area contributed by atoms with Crippen LogP contribution in [0, 0.1) is 6.92 Å². The summed E-state index contributed by atoms with van der Waals surface area (Å²) in [5.74, 6) is -1.12. The lowest BCUT2D eigenvalue weighted by Crippen LogP contribution is -2.31. The minimum absolute atomic E-state index is 0.691. The molecule has 1 rings (SSSR count). The Morgan fingerprint density at radius 3 is 2.82 bits per heavy atom. The van der Waals surface area contributed by atoms with E-state index in [0.29, 0.717) is 0 Å². The average Bonchev–Trinajstić information content (AvgIpc) is 2.34. The van der Waals surface area contributed by atoms with Gasteiger partial charge in [0.1, 0.15) is 0 Å². The van der Waals surface area contributed by atoms with Crippen LogP contribution >= 0.6 is 0 Å². The van der Waals surface area contributed by atoms with Crippen LogP contribution in [0.4, 0.5) is 0 Å². The van der Waals surface area contributed by atoms with Gasteiger partial charge in [0.15, 0.2) is 0 Å². The summed E-state index contributed by atoms with van der Waals surface area (Å²) in [5.41, 5.74) is 0.804. The fraction of sp³-hybridized carbons (Fsp3) is 0.429. The Labute approximate surface area is 64.5 Å². The molecule has 0 saturated heterocycles. The highest BCUT2D eigenvalue weighted by molar-refractivity contribution is 5.68. The fourth-order valence-electron chi connectivity index (χ4n) is 0.757. The summed E-state index contributed by atoms with van der Waals surface area (Å²) in [6.07, 6.45) is 1.62. The Balaban J connectivity index is 2.84. The number of carbonyl (C=O) groups is 1. The second-order valence-electron chi connectivity index (χ2n) is 2.43. The molecule has 4 nitrogen and oxygen atoms in total. The Morgan fingerprint density at radius 1 is 1.82 bits per heavy atom. The quantitative estimate of drug-likeness (QED) is 0.575. The third kappa shape index (κ3) is 1.58. The lowest BCUT2D eigenvalue weighted by atomic mass is 10.4. The third-order valence-electron chi connectivity index (χ3n) is 1.48. The molecule has 1 aromatic heterocycles. The molecular weight excluding hydrogens is 144 g/mol. The van der Waals surface area contributed by atoms with Crippen molar-refractivity contribution < 1.29 is 9.90 Å². The molecule has 1 aromatic rings. The van der Waals surface area contributed by atoms with E-state index in [-0.39, 0.29) is 0 Å². The number of hydrogen-bond acceptors (Lipinski definition) is 3. The predicted octanol–water partition coefficient (Wildman–Crippen LogP) is -0.498. The highest BCUT2D eigenvalue weighted by atomic mass is 16.4. The lowest BCUT2D eigenvalue weighted by Gasteiger charge is -2.12. The summed E-state index contributed by atoms with van der Waals surface area (Å²) in [6.45, 7) is 3.33. The Hall–Kier alpha value is -1.32. The van der Waals surface area contributed by atoms with Crippen LogP contribution in [0.25, 0.3) is 0 Å². The van der Waals surface area contributed by atoms with E-state index < -0.39 is 12.0 Å². The predicted molar refractivity (Wildman–Crippen MR) is 36.7 cm³/mol. The molecule has 1 heterocycles. The molecule has 0 aliphatic heterocycles. The van der Waals surface area contributed by atoms with Gasteiger partial charge in [0.25, 0.3) is 0 Å². The van der Waals surface area contributed by atoms with Crippen LogP contribution in [-0.2, 0) is 4.79 Å². The van der Waals surface area contributed by atoms with Crippen molar-refractivity contribution in [3.63, 3.8) is 0 Å². The van der Waals surface area contributed by atoms with E-state index in [9.17, 15) is 9.90 Å². The van der Waals surface area contributed by atoms with Crippen molar-refractivity contribution in [2.45, 2.75) is 19.9 Å². The van der Waals surface area contributed by atoms with Crippen molar-refractivity contribution in [3.8, 4) is 0 Å².